The van der Waals surface area contributed by atoms with Gasteiger partial charge in [-0.2, -0.15) is 0 Å². The van der Waals surface area contributed by atoms with Gasteiger partial charge in [0.25, 0.3) is 0 Å². The number of halogens is 1. The first-order valence-corrected chi connectivity index (χ1v) is 10.0. The summed E-state index contributed by atoms with van der Waals surface area (Å²) in [6.45, 7) is 5.59. The standard InChI is InChI=1S/C21H27ClN4O2/c1-21(2,3)28-20(27)24-16-11-7-10-15(12-16)23-18-13-17(25-19(22)26-18)14-8-5-4-6-9-14/h4-6,8-9,13,15-16H,7,10-12H2,1-3H3,(H,24,27)(H,23,25,26)/t15-,16+/m1/s1. The summed E-state index contributed by atoms with van der Waals surface area (Å²) in [5.41, 5.74) is 1.27. The molecule has 2 N–H and O–H groups in total. The zero-order chi connectivity index (χ0) is 20.1. The van der Waals surface area contributed by atoms with Crippen LogP contribution in [0.1, 0.15) is 46.5 Å². The van der Waals surface area contributed by atoms with Gasteiger partial charge in [0.2, 0.25) is 5.28 Å². The molecule has 0 aliphatic heterocycles. The van der Waals surface area contributed by atoms with Gasteiger partial charge in [0.05, 0.1) is 5.69 Å². The molecule has 1 heterocycles. The van der Waals surface area contributed by atoms with Crippen LogP contribution >= 0.6 is 11.6 Å². The van der Waals surface area contributed by atoms with Crippen molar-refractivity contribution in [3.8, 4) is 11.3 Å². The zero-order valence-corrected chi connectivity index (χ0v) is 17.3. The first-order chi connectivity index (χ1) is 13.3. The summed E-state index contributed by atoms with van der Waals surface area (Å²) in [5, 5.41) is 6.65. The molecule has 1 saturated carbocycles. The Bertz CT molecular complexity index is 808. The summed E-state index contributed by atoms with van der Waals surface area (Å²) >= 11 is 6.14. The van der Waals surface area contributed by atoms with Crippen LogP contribution in [-0.2, 0) is 4.74 Å². The van der Waals surface area contributed by atoms with Gasteiger partial charge in [-0.3, -0.25) is 0 Å². The van der Waals surface area contributed by atoms with Crippen molar-refractivity contribution in [1.29, 1.82) is 0 Å². The van der Waals surface area contributed by atoms with Crippen LogP contribution in [-0.4, -0.2) is 33.7 Å². The van der Waals surface area contributed by atoms with Crippen LogP contribution in [0.3, 0.4) is 0 Å². The molecule has 1 fully saturated rings. The lowest BCUT2D eigenvalue weighted by molar-refractivity contribution is 0.0492. The highest BCUT2D eigenvalue weighted by molar-refractivity contribution is 6.28. The third-order valence-electron chi connectivity index (χ3n) is 4.52. The molecule has 0 bridgehead atoms. The van der Waals surface area contributed by atoms with Gasteiger partial charge in [-0.1, -0.05) is 30.3 Å². The molecule has 1 aliphatic carbocycles. The number of nitrogens with zero attached hydrogens (tertiary/aromatic N) is 2. The fourth-order valence-electron chi connectivity index (χ4n) is 3.38. The summed E-state index contributed by atoms with van der Waals surface area (Å²) < 4.78 is 5.37. The highest BCUT2D eigenvalue weighted by Gasteiger charge is 2.26. The molecule has 150 valence electrons. The molecule has 0 unspecified atom stereocenters. The predicted molar refractivity (Wildman–Crippen MR) is 112 cm³/mol. The monoisotopic (exact) mass is 402 g/mol. The normalized spacial score (nSPS) is 19.7. The summed E-state index contributed by atoms with van der Waals surface area (Å²) in [6.07, 6.45) is 3.41. The molecule has 3 rings (SSSR count). The second kappa shape index (κ2) is 8.78. The van der Waals surface area contributed by atoms with E-state index in [4.69, 9.17) is 16.3 Å². The van der Waals surface area contributed by atoms with Gasteiger partial charge in [0.1, 0.15) is 11.4 Å². The molecule has 7 heteroatoms. The average molecular weight is 403 g/mol. The van der Waals surface area contributed by atoms with Crippen LogP contribution in [0, 0.1) is 0 Å². The number of hydrogen-bond acceptors (Lipinski definition) is 5. The Balaban J connectivity index is 1.63. The van der Waals surface area contributed by atoms with Gasteiger partial charge in [0, 0.05) is 23.7 Å². The van der Waals surface area contributed by atoms with Crippen molar-refractivity contribution >= 4 is 23.5 Å². The molecule has 1 aliphatic rings. The van der Waals surface area contributed by atoms with Crippen molar-refractivity contribution in [2.45, 2.75) is 64.1 Å². The maximum absolute atomic E-state index is 12.0. The van der Waals surface area contributed by atoms with Crippen molar-refractivity contribution < 1.29 is 9.53 Å². The maximum atomic E-state index is 12.0. The largest absolute Gasteiger partial charge is 0.444 e. The number of alkyl carbamates (subject to hydrolysis) is 1. The molecule has 2 atom stereocenters. The third-order valence-corrected chi connectivity index (χ3v) is 4.68. The Kier molecular flexibility index (Phi) is 6.39. The Morgan fingerprint density at radius 2 is 1.86 bits per heavy atom. The maximum Gasteiger partial charge on any atom is 0.407 e. The Morgan fingerprint density at radius 1 is 1.14 bits per heavy atom. The number of carbonyl (C=O) groups excluding carboxylic acids is 1. The molecule has 1 amide bonds. The number of benzene rings is 1. The molecule has 6 nitrogen and oxygen atoms in total. The molecular weight excluding hydrogens is 376 g/mol. The zero-order valence-electron chi connectivity index (χ0n) is 16.5. The number of anilines is 1. The number of carbonyl (C=O) groups is 1. The predicted octanol–water partition coefficient (Wildman–Crippen LogP) is 5.04. The molecule has 28 heavy (non-hydrogen) atoms. The van der Waals surface area contributed by atoms with E-state index in [0.717, 1.165) is 36.9 Å². The topological polar surface area (TPSA) is 76.1 Å². The number of aromatic nitrogens is 2. The molecule has 2 aromatic rings. The fraction of sp³-hybridized carbons (Fsp3) is 0.476. The number of nitrogens with one attached hydrogen (secondary N) is 2. The van der Waals surface area contributed by atoms with E-state index in [1.54, 1.807) is 0 Å². The van der Waals surface area contributed by atoms with E-state index >= 15 is 0 Å². The van der Waals surface area contributed by atoms with Gasteiger partial charge < -0.3 is 15.4 Å². The van der Waals surface area contributed by atoms with Crippen molar-refractivity contribution in [3.05, 3.63) is 41.7 Å². The van der Waals surface area contributed by atoms with Gasteiger partial charge >= 0.3 is 6.09 Å². The lowest BCUT2D eigenvalue weighted by atomic mass is 9.91. The van der Waals surface area contributed by atoms with Crippen LogP contribution in [0.15, 0.2) is 36.4 Å². The smallest absolute Gasteiger partial charge is 0.407 e. The molecule has 1 aromatic carbocycles. The van der Waals surface area contributed by atoms with Crippen molar-refractivity contribution in [2.24, 2.45) is 0 Å². The fourth-order valence-corrected chi connectivity index (χ4v) is 3.57. The highest BCUT2D eigenvalue weighted by Crippen LogP contribution is 2.25. The van der Waals surface area contributed by atoms with Crippen molar-refractivity contribution in [3.63, 3.8) is 0 Å². The minimum atomic E-state index is -0.498. The van der Waals surface area contributed by atoms with E-state index in [-0.39, 0.29) is 23.5 Å². The number of amides is 1. The number of rotatable bonds is 4. The lowest BCUT2D eigenvalue weighted by Crippen LogP contribution is -2.43. The summed E-state index contributed by atoms with van der Waals surface area (Å²) in [5.74, 6) is 0.696. The lowest BCUT2D eigenvalue weighted by Gasteiger charge is -2.31. The van der Waals surface area contributed by atoms with Crippen LogP contribution < -0.4 is 10.6 Å². The Hall–Kier alpha value is -2.34. The van der Waals surface area contributed by atoms with E-state index in [9.17, 15) is 4.79 Å². The first-order valence-electron chi connectivity index (χ1n) is 9.64. The van der Waals surface area contributed by atoms with E-state index in [1.165, 1.54) is 0 Å². The number of ether oxygens (including phenoxy) is 1. The van der Waals surface area contributed by atoms with Crippen molar-refractivity contribution in [2.75, 3.05) is 5.32 Å². The van der Waals surface area contributed by atoms with E-state index < -0.39 is 5.60 Å². The second-order valence-corrected chi connectivity index (χ2v) is 8.46. The summed E-state index contributed by atoms with van der Waals surface area (Å²) in [4.78, 5) is 20.7. The van der Waals surface area contributed by atoms with Gasteiger partial charge in [-0.25, -0.2) is 14.8 Å². The Morgan fingerprint density at radius 3 is 2.57 bits per heavy atom. The Labute approximate surface area is 171 Å². The molecule has 0 spiro atoms. The molecular formula is C21H27ClN4O2. The van der Waals surface area contributed by atoms with Crippen LogP contribution in [0.4, 0.5) is 10.6 Å². The van der Waals surface area contributed by atoms with Crippen LogP contribution in [0.2, 0.25) is 5.28 Å². The van der Waals surface area contributed by atoms with Gasteiger partial charge in [0.15, 0.2) is 0 Å². The first kappa shape index (κ1) is 20.4. The summed E-state index contributed by atoms with van der Waals surface area (Å²) in [6, 6.07) is 12.1. The van der Waals surface area contributed by atoms with E-state index in [0.29, 0.717) is 5.82 Å². The van der Waals surface area contributed by atoms with Crippen LogP contribution in [0.25, 0.3) is 11.3 Å². The van der Waals surface area contributed by atoms with Gasteiger partial charge in [-0.15, -0.1) is 0 Å². The average Bonchev–Trinajstić information content (AvgIpc) is 2.60. The number of hydrogen-bond donors (Lipinski definition) is 2. The second-order valence-electron chi connectivity index (χ2n) is 8.12. The van der Waals surface area contributed by atoms with Gasteiger partial charge in [-0.05, 0) is 58.1 Å². The van der Waals surface area contributed by atoms with Crippen LogP contribution in [0.5, 0.6) is 0 Å². The molecule has 0 radical (unpaired) electrons. The summed E-state index contributed by atoms with van der Waals surface area (Å²) in [7, 11) is 0. The minimum Gasteiger partial charge on any atom is -0.444 e. The highest BCUT2D eigenvalue weighted by atomic mass is 35.5. The molecule has 1 aromatic heterocycles. The quantitative estimate of drug-likeness (QED) is 0.700. The van der Waals surface area contributed by atoms with E-state index in [1.807, 2.05) is 57.2 Å². The minimum absolute atomic E-state index is 0.0759. The SMILES string of the molecule is CC(C)(C)OC(=O)N[C@H]1CCC[C@@H](Nc2cc(-c3ccccc3)nc(Cl)n2)C1. The van der Waals surface area contributed by atoms with Crippen molar-refractivity contribution in [1.82, 2.24) is 15.3 Å². The molecule has 0 saturated heterocycles. The van der Waals surface area contributed by atoms with E-state index in [2.05, 4.69) is 20.6 Å². The third kappa shape index (κ3) is 6.09.